The van der Waals surface area contributed by atoms with E-state index in [4.69, 9.17) is 16.6 Å². The molecule has 2 aromatic rings. The number of hydrogen-bond donors (Lipinski definition) is 2. The molecule has 6 nitrogen and oxygen atoms in total. The van der Waals surface area contributed by atoms with Gasteiger partial charge in [0.15, 0.2) is 0 Å². The molecule has 5 rings (SSSR count). The van der Waals surface area contributed by atoms with Crippen molar-refractivity contribution >= 4 is 34.0 Å². The number of aromatic nitrogens is 2. The predicted octanol–water partition coefficient (Wildman–Crippen LogP) is 3.69. The molecule has 2 fully saturated rings. The molecule has 0 spiro atoms. The Kier molecular flexibility index (Phi) is 6.62. The molecule has 2 N–H and O–H groups in total. The fourth-order valence-electron chi connectivity index (χ4n) is 4.80. The largest absolute Gasteiger partial charge is 0.308 e. The van der Waals surface area contributed by atoms with Gasteiger partial charge in [0.05, 0.1) is 24.0 Å². The molecule has 1 aromatic heterocycles. The standard InChI is InChI=1S/C22H27ClN4O2S.ClH/c23-18-6-4-17(5-7-18)22(9-1-10-22)21-20-16(8-11-24-21)12-25-19(27-20)13-26-30(28,29)14-15-2-3-15;/h4-7,12,15,21,24,26H,1-3,8-11,13-14H2;1H. The number of sulfonamides is 1. The van der Waals surface area contributed by atoms with Crippen molar-refractivity contribution in [2.24, 2.45) is 5.92 Å². The summed E-state index contributed by atoms with van der Waals surface area (Å²) in [6.45, 7) is 1.03. The van der Waals surface area contributed by atoms with Crippen molar-refractivity contribution in [3.8, 4) is 0 Å². The summed E-state index contributed by atoms with van der Waals surface area (Å²) >= 11 is 6.13. The molecule has 2 saturated carbocycles. The minimum absolute atomic E-state index is 0. The Morgan fingerprint density at radius 2 is 1.94 bits per heavy atom. The van der Waals surface area contributed by atoms with Gasteiger partial charge in [0.1, 0.15) is 5.82 Å². The van der Waals surface area contributed by atoms with E-state index in [9.17, 15) is 8.42 Å². The lowest BCUT2D eigenvalue weighted by Gasteiger charge is -2.50. The van der Waals surface area contributed by atoms with Crippen LogP contribution in [0, 0.1) is 5.92 Å². The Balaban J connectivity index is 0.00000231. The molecule has 0 saturated heterocycles. The van der Waals surface area contributed by atoms with Crippen LogP contribution in [0.15, 0.2) is 30.5 Å². The van der Waals surface area contributed by atoms with Gasteiger partial charge in [-0.2, -0.15) is 0 Å². The number of nitrogens with zero attached hydrogens (tertiary/aromatic N) is 2. The highest BCUT2D eigenvalue weighted by Crippen LogP contribution is 2.53. The zero-order chi connectivity index (χ0) is 20.8. The fourth-order valence-corrected chi connectivity index (χ4v) is 6.35. The lowest BCUT2D eigenvalue weighted by Crippen LogP contribution is -2.49. The van der Waals surface area contributed by atoms with Crippen LogP contribution in [0.2, 0.25) is 5.02 Å². The third kappa shape index (κ3) is 4.76. The summed E-state index contributed by atoms with van der Waals surface area (Å²) in [7, 11) is -3.28. The fraction of sp³-hybridized carbons (Fsp3) is 0.545. The summed E-state index contributed by atoms with van der Waals surface area (Å²) in [6.07, 6.45) is 8.17. The maximum atomic E-state index is 12.2. The molecular formula is C22H28Cl2N4O2S. The molecule has 1 aromatic carbocycles. The van der Waals surface area contributed by atoms with Crippen molar-refractivity contribution < 1.29 is 8.42 Å². The van der Waals surface area contributed by atoms with Gasteiger partial charge in [0.2, 0.25) is 10.0 Å². The van der Waals surface area contributed by atoms with Gasteiger partial charge in [0.25, 0.3) is 0 Å². The number of halogens is 2. The highest BCUT2D eigenvalue weighted by molar-refractivity contribution is 7.89. The lowest BCUT2D eigenvalue weighted by molar-refractivity contribution is 0.161. The molecule has 0 radical (unpaired) electrons. The zero-order valence-corrected chi connectivity index (χ0v) is 19.7. The smallest absolute Gasteiger partial charge is 0.212 e. The van der Waals surface area contributed by atoms with Gasteiger partial charge in [-0.05, 0) is 67.8 Å². The number of benzene rings is 1. The molecule has 2 aliphatic carbocycles. The van der Waals surface area contributed by atoms with Crippen LogP contribution < -0.4 is 10.0 Å². The molecule has 2 heterocycles. The molecule has 9 heteroatoms. The number of rotatable bonds is 7. The first-order valence-electron chi connectivity index (χ1n) is 10.8. The van der Waals surface area contributed by atoms with Crippen LogP contribution in [0.4, 0.5) is 0 Å². The Morgan fingerprint density at radius 1 is 1.19 bits per heavy atom. The van der Waals surface area contributed by atoms with Gasteiger partial charge >= 0.3 is 0 Å². The van der Waals surface area contributed by atoms with Gasteiger partial charge in [-0.15, -0.1) is 12.4 Å². The molecule has 1 aliphatic heterocycles. The Morgan fingerprint density at radius 3 is 2.58 bits per heavy atom. The van der Waals surface area contributed by atoms with Crippen molar-refractivity contribution in [3.63, 3.8) is 0 Å². The monoisotopic (exact) mass is 482 g/mol. The number of nitrogens with one attached hydrogen (secondary N) is 2. The average molecular weight is 483 g/mol. The van der Waals surface area contributed by atoms with Crippen LogP contribution in [-0.2, 0) is 28.4 Å². The van der Waals surface area contributed by atoms with Gasteiger partial charge in [-0.25, -0.2) is 23.1 Å². The van der Waals surface area contributed by atoms with Crippen molar-refractivity contribution in [2.45, 2.75) is 56.5 Å². The van der Waals surface area contributed by atoms with Gasteiger partial charge in [-0.3, -0.25) is 0 Å². The molecule has 3 aliphatic rings. The first-order chi connectivity index (χ1) is 14.5. The van der Waals surface area contributed by atoms with E-state index in [-0.39, 0.29) is 36.2 Å². The van der Waals surface area contributed by atoms with E-state index in [2.05, 4.69) is 27.2 Å². The minimum atomic E-state index is -3.28. The summed E-state index contributed by atoms with van der Waals surface area (Å²) in [4.78, 5) is 9.31. The predicted molar refractivity (Wildman–Crippen MR) is 124 cm³/mol. The van der Waals surface area contributed by atoms with Gasteiger partial charge in [0, 0.05) is 16.6 Å². The third-order valence-electron chi connectivity index (χ3n) is 6.78. The zero-order valence-electron chi connectivity index (χ0n) is 17.3. The van der Waals surface area contributed by atoms with Crippen LogP contribution in [0.25, 0.3) is 0 Å². The summed E-state index contributed by atoms with van der Waals surface area (Å²) in [5.41, 5.74) is 3.45. The molecular weight excluding hydrogens is 455 g/mol. The Hall–Kier alpha value is -1.25. The van der Waals surface area contributed by atoms with Gasteiger partial charge in [-0.1, -0.05) is 30.2 Å². The van der Waals surface area contributed by atoms with Crippen molar-refractivity contribution in [1.29, 1.82) is 0 Å². The molecule has 1 atom stereocenters. The summed E-state index contributed by atoms with van der Waals surface area (Å²) in [6, 6.07) is 8.28. The Labute approximate surface area is 195 Å². The second kappa shape index (κ2) is 8.94. The summed E-state index contributed by atoms with van der Waals surface area (Å²) in [5, 5.41) is 4.45. The molecule has 1 unspecified atom stereocenters. The number of fused-ring (bicyclic) bond motifs is 1. The van der Waals surface area contributed by atoms with Crippen molar-refractivity contribution in [3.05, 3.63) is 58.1 Å². The second-order valence-corrected chi connectivity index (χ2v) is 11.2. The SMILES string of the molecule is Cl.O=S(=O)(CC1CC1)NCc1ncc2c(n1)C(C1(c3ccc(Cl)cc3)CCC1)NCC2. The topological polar surface area (TPSA) is 84.0 Å². The average Bonchev–Trinajstić information content (AvgIpc) is 3.50. The second-order valence-electron chi connectivity index (χ2n) is 8.90. The molecule has 168 valence electrons. The highest BCUT2D eigenvalue weighted by atomic mass is 35.5. The lowest BCUT2D eigenvalue weighted by atomic mass is 9.58. The number of hydrogen-bond acceptors (Lipinski definition) is 5. The van der Waals surface area contributed by atoms with E-state index < -0.39 is 10.0 Å². The van der Waals surface area contributed by atoms with E-state index in [0.29, 0.717) is 11.7 Å². The van der Waals surface area contributed by atoms with Crippen molar-refractivity contribution in [2.75, 3.05) is 12.3 Å². The van der Waals surface area contributed by atoms with Crippen LogP contribution in [0.3, 0.4) is 0 Å². The highest BCUT2D eigenvalue weighted by Gasteiger charge is 2.48. The molecule has 0 bridgehead atoms. The molecule has 0 amide bonds. The molecule has 31 heavy (non-hydrogen) atoms. The minimum Gasteiger partial charge on any atom is -0.308 e. The van der Waals surface area contributed by atoms with E-state index in [1.165, 1.54) is 12.0 Å². The van der Waals surface area contributed by atoms with E-state index in [1.807, 2.05) is 18.3 Å². The third-order valence-corrected chi connectivity index (χ3v) is 8.53. The van der Waals surface area contributed by atoms with E-state index >= 15 is 0 Å². The first kappa shape index (κ1) is 22.9. The summed E-state index contributed by atoms with van der Waals surface area (Å²) < 4.78 is 27.2. The van der Waals surface area contributed by atoms with Crippen LogP contribution in [0.1, 0.15) is 60.8 Å². The first-order valence-corrected chi connectivity index (χ1v) is 12.8. The van der Waals surface area contributed by atoms with E-state index in [0.717, 1.165) is 54.9 Å². The van der Waals surface area contributed by atoms with Crippen LogP contribution in [-0.4, -0.2) is 30.7 Å². The maximum Gasteiger partial charge on any atom is 0.212 e. The van der Waals surface area contributed by atoms with E-state index in [1.54, 1.807) is 0 Å². The van der Waals surface area contributed by atoms with Crippen molar-refractivity contribution in [1.82, 2.24) is 20.0 Å². The normalized spacial score (nSPS) is 22.2. The Bertz CT molecular complexity index is 1040. The maximum absolute atomic E-state index is 12.2. The van der Waals surface area contributed by atoms with Crippen LogP contribution >= 0.6 is 24.0 Å². The quantitative estimate of drug-likeness (QED) is 0.628. The summed E-state index contributed by atoms with van der Waals surface area (Å²) in [5.74, 6) is 1.06. The van der Waals surface area contributed by atoms with Gasteiger partial charge < -0.3 is 5.32 Å². The van der Waals surface area contributed by atoms with Crippen LogP contribution in [0.5, 0.6) is 0 Å².